The van der Waals surface area contributed by atoms with E-state index in [0.29, 0.717) is 16.5 Å². The molecule has 20 heavy (non-hydrogen) atoms. The van der Waals surface area contributed by atoms with Crippen LogP contribution >= 0.6 is 27.5 Å². The molecule has 102 valence electrons. The van der Waals surface area contributed by atoms with Crippen molar-refractivity contribution in [1.82, 2.24) is 0 Å². The highest BCUT2D eigenvalue weighted by molar-refractivity contribution is 9.10. The quantitative estimate of drug-likeness (QED) is 0.659. The molecule has 1 aliphatic carbocycles. The van der Waals surface area contributed by atoms with Crippen LogP contribution in [0.5, 0.6) is 0 Å². The molecule has 0 bridgehead atoms. The summed E-state index contributed by atoms with van der Waals surface area (Å²) in [6.07, 6.45) is 3.63. The zero-order valence-corrected chi connectivity index (χ0v) is 13.2. The van der Waals surface area contributed by atoms with E-state index in [-0.39, 0.29) is 5.78 Å². The summed E-state index contributed by atoms with van der Waals surface area (Å²) in [6, 6.07) is 13.3. The SMILES string of the molecule is O=C(c1ccc(Br)c(Cl)c1)c1ccccc1C1CCC1. The van der Waals surface area contributed by atoms with Gasteiger partial charge in [-0.2, -0.15) is 0 Å². The van der Waals surface area contributed by atoms with E-state index in [4.69, 9.17) is 11.6 Å². The minimum absolute atomic E-state index is 0.0573. The highest BCUT2D eigenvalue weighted by atomic mass is 79.9. The second-order valence-corrected chi connectivity index (χ2v) is 6.43. The molecule has 0 radical (unpaired) electrons. The first-order valence-electron chi connectivity index (χ1n) is 6.75. The van der Waals surface area contributed by atoms with Gasteiger partial charge in [-0.05, 0) is 58.5 Å². The normalized spacial score (nSPS) is 14.9. The van der Waals surface area contributed by atoms with Crippen molar-refractivity contribution in [3.05, 3.63) is 68.7 Å². The Morgan fingerprint density at radius 3 is 2.55 bits per heavy atom. The van der Waals surface area contributed by atoms with Gasteiger partial charge in [0.1, 0.15) is 0 Å². The van der Waals surface area contributed by atoms with E-state index >= 15 is 0 Å². The lowest BCUT2D eigenvalue weighted by atomic mass is 9.77. The number of carbonyl (C=O) groups excluding carboxylic acids is 1. The zero-order valence-electron chi connectivity index (χ0n) is 10.9. The number of carbonyl (C=O) groups is 1. The number of rotatable bonds is 3. The molecule has 0 aromatic heterocycles. The van der Waals surface area contributed by atoms with E-state index in [1.807, 2.05) is 30.3 Å². The van der Waals surface area contributed by atoms with Gasteiger partial charge in [0.2, 0.25) is 0 Å². The fourth-order valence-corrected chi connectivity index (χ4v) is 3.00. The average molecular weight is 350 g/mol. The van der Waals surface area contributed by atoms with Crippen LogP contribution in [0.1, 0.15) is 46.7 Å². The van der Waals surface area contributed by atoms with Gasteiger partial charge in [-0.25, -0.2) is 0 Å². The van der Waals surface area contributed by atoms with Gasteiger partial charge >= 0.3 is 0 Å². The van der Waals surface area contributed by atoms with E-state index in [0.717, 1.165) is 10.0 Å². The first-order valence-corrected chi connectivity index (χ1v) is 7.92. The van der Waals surface area contributed by atoms with Crippen LogP contribution in [0.2, 0.25) is 5.02 Å². The van der Waals surface area contributed by atoms with E-state index in [9.17, 15) is 4.79 Å². The monoisotopic (exact) mass is 348 g/mol. The van der Waals surface area contributed by atoms with Crippen molar-refractivity contribution < 1.29 is 4.79 Å². The van der Waals surface area contributed by atoms with Crippen LogP contribution in [0.15, 0.2) is 46.9 Å². The lowest BCUT2D eigenvalue weighted by molar-refractivity contribution is 0.103. The van der Waals surface area contributed by atoms with Gasteiger partial charge in [-0.15, -0.1) is 0 Å². The van der Waals surface area contributed by atoms with Gasteiger partial charge in [0.05, 0.1) is 5.02 Å². The van der Waals surface area contributed by atoms with Crippen LogP contribution in [-0.2, 0) is 0 Å². The summed E-state index contributed by atoms with van der Waals surface area (Å²) in [5.41, 5.74) is 2.64. The number of benzene rings is 2. The first-order chi connectivity index (χ1) is 9.66. The van der Waals surface area contributed by atoms with Gasteiger partial charge in [0.25, 0.3) is 0 Å². The highest BCUT2D eigenvalue weighted by Gasteiger charge is 2.24. The predicted octanol–water partition coefficient (Wildman–Crippen LogP) is 5.60. The largest absolute Gasteiger partial charge is 0.289 e. The molecule has 2 aromatic carbocycles. The molecule has 1 aliphatic rings. The van der Waals surface area contributed by atoms with Crippen molar-refractivity contribution in [2.24, 2.45) is 0 Å². The van der Waals surface area contributed by atoms with Crippen molar-refractivity contribution in [3.8, 4) is 0 Å². The van der Waals surface area contributed by atoms with E-state index in [1.165, 1.54) is 24.8 Å². The smallest absolute Gasteiger partial charge is 0.193 e. The summed E-state index contributed by atoms with van der Waals surface area (Å²) in [7, 11) is 0. The standard InChI is InChI=1S/C17H14BrClO/c18-15-9-8-12(10-16(15)19)17(20)14-7-2-1-6-13(14)11-4-3-5-11/h1-2,6-11H,3-5H2. The van der Waals surface area contributed by atoms with Crippen LogP contribution in [0.25, 0.3) is 0 Å². The molecule has 0 spiro atoms. The number of halogens is 2. The summed E-state index contributed by atoms with van der Waals surface area (Å²) in [6.45, 7) is 0. The number of hydrogen-bond donors (Lipinski definition) is 0. The molecule has 1 nitrogen and oxygen atoms in total. The second kappa shape index (κ2) is 5.71. The third-order valence-corrected chi connectivity index (χ3v) is 5.16. The van der Waals surface area contributed by atoms with Crippen LogP contribution in [-0.4, -0.2) is 5.78 Å². The molecule has 0 amide bonds. The maximum atomic E-state index is 12.7. The van der Waals surface area contributed by atoms with Crippen molar-refractivity contribution in [1.29, 1.82) is 0 Å². The average Bonchev–Trinajstić information content (AvgIpc) is 2.40. The molecule has 0 unspecified atom stereocenters. The Kier molecular flexibility index (Phi) is 3.95. The highest BCUT2D eigenvalue weighted by Crippen LogP contribution is 2.38. The Labute approximate surface area is 132 Å². The topological polar surface area (TPSA) is 17.1 Å². The minimum atomic E-state index is 0.0573. The molecule has 0 saturated heterocycles. The molecule has 1 fully saturated rings. The Morgan fingerprint density at radius 2 is 1.90 bits per heavy atom. The van der Waals surface area contributed by atoms with E-state index in [2.05, 4.69) is 22.0 Å². The fourth-order valence-electron chi connectivity index (χ4n) is 2.57. The lowest BCUT2D eigenvalue weighted by Gasteiger charge is -2.27. The minimum Gasteiger partial charge on any atom is -0.289 e. The first kappa shape index (κ1) is 13.8. The fraction of sp³-hybridized carbons (Fsp3) is 0.235. The van der Waals surface area contributed by atoms with Gasteiger partial charge in [-0.1, -0.05) is 42.3 Å². The summed E-state index contributed by atoms with van der Waals surface area (Å²) in [5, 5.41) is 0.567. The Morgan fingerprint density at radius 1 is 1.15 bits per heavy atom. The molecule has 3 rings (SSSR count). The summed E-state index contributed by atoms with van der Waals surface area (Å²) in [4.78, 5) is 12.7. The van der Waals surface area contributed by atoms with Gasteiger partial charge in [0.15, 0.2) is 5.78 Å². The van der Waals surface area contributed by atoms with E-state index in [1.54, 1.807) is 6.07 Å². The summed E-state index contributed by atoms with van der Waals surface area (Å²) < 4.78 is 0.808. The van der Waals surface area contributed by atoms with Gasteiger partial charge in [0, 0.05) is 15.6 Å². The van der Waals surface area contributed by atoms with Crippen molar-refractivity contribution in [3.63, 3.8) is 0 Å². The van der Waals surface area contributed by atoms with Crippen molar-refractivity contribution in [2.75, 3.05) is 0 Å². The summed E-state index contributed by atoms with van der Waals surface area (Å²) in [5.74, 6) is 0.600. The van der Waals surface area contributed by atoms with Gasteiger partial charge in [-0.3, -0.25) is 4.79 Å². The predicted molar refractivity (Wildman–Crippen MR) is 85.6 cm³/mol. The molecule has 2 aromatic rings. The van der Waals surface area contributed by atoms with Crippen molar-refractivity contribution in [2.45, 2.75) is 25.2 Å². The van der Waals surface area contributed by atoms with Crippen LogP contribution in [0, 0.1) is 0 Å². The molecule has 0 aliphatic heterocycles. The lowest BCUT2D eigenvalue weighted by Crippen LogP contribution is -2.14. The van der Waals surface area contributed by atoms with E-state index < -0.39 is 0 Å². The van der Waals surface area contributed by atoms with Crippen LogP contribution < -0.4 is 0 Å². The third kappa shape index (κ3) is 2.55. The number of ketones is 1. The number of hydrogen-bond acceptors (Lipinski definition) is 1. The summed E-state index contributed by atoms with van der Waals surface area (Å²) >= 11 is 9.44. The molecular weight excluding hydrogens is 336 g/mol. The Balaban J connectivity index is 1.99. The third-order valence-electron chi connectivity index (χ3n) is 3.93. The molecule has 3 heteroatoms. The molecule has 1 saturated carbocycles. The second-order valence-electron chi connectivity index (χ2n) is 5.17. The Bertz CT molecular complexity index is 662. The van der Waals surface area contributed by atoms with Crippen LogP contribution in [0.4, 0.5) is 0 Å². The van der Waals surface area contributed by atoms with Crippen LogP contribution in [0.3, 0.4) is 0 Å². The Hall–Kier alpha value is -1.12. The zero-order chi connectivity index (χ0) is 14.1. The van der Waals surface area contributed by atoms with Gasteiger partial charge < -0.3 is 0 Å². The molecular formula is C17H14BrClO. The maximum Gasteiger partial charge on any atom is 0.193 e. The molecule has 0 heterocycles. The van der Waals surface area contributed by atoms with Crippen molar-refractivity contribution >= 4 is 33.3 Å². The molecule has 0 atom stereocenters. The maximum absolute atomic E-state index is 12.7. The molecule has 0 N–H and O–H groups in total.